The van der Waals surface area contributed by atoms with Crippen molar-refractivity contribution in [1.82, 2.24) is 4.98 Å². The number of fused-ring (bicyclic) bond motifs is 3. The summed E-state index contributed by atoms with van der Waals surface area (Å²) in [6.07, 6.45) is 4.06. The van der Waals surface area contributed by atoms with Gasteiger partial charge in [-0.3, -0.25) is 9.78 Å². The van der Waals surface area contributed by atoms with E-state index in [1.165, 1.54) is 7.11 Å². The Labute approximate surface area is 162 Å². The van der Waals surface area contributed by atoms with Gasteiger partial charge in [-0.05, 0) is 54.3 Å². The van der Waals surface area contributed by atoms with E-state index in [0.29, 0.717) is 12.2 Å². The average molecular weight is 372 g/mol. The number of rotatable bonds is 2. The molecule has 0 saturated heterocycles. The Morgan fingerprint density at radius 1 is 1.18 bits per heavy atom. The molecule has 1 aromatic heterocycles. The molecule has 2 aliphatic rings. The summed E-state index contributed by atoms with van der Waals surface area (Å²) >= 11 is 0. The number of carbonyl (C=O) groups is 1. The second kappa shape index (κ2) is 6.37. The van der Waals surface area contributed by atoms with Gasteiger partial charge in [-0.2, -0.15) is 0 Å². The molecule has 0 saturated carbocycles. The molecule has 1 unspecified atom stereocenters. The zero-order valence-electron chi connectivity index (χ0n) is 15.5. The Morgan fingerprint density at radius 3 is 2.93 bits per heavy atom. The number of pyridine rings is 1. The van der Waals surface area contributed by atoms with Gasteiger partial charge in [0.15, 0.2) is 17.3 Å². The van der Waals surface area contributed by atoms with Crippen molar-refractivity contribution in [2.75, 3.05) is 12.4 Å². The van der Waals surface area contributed by atoms with Crippen LogP contribution < -0.4 is 10.1 Å². The summed E-state index contributed by atoms with van der Waals surface area (Å²) in [6, 6.07) is 13.4. The molecule has 2 heterocycles. The maximum atomic E-state index is 12.9. The molecule has 0 amide bonds. The third-order valence-corrected chi connectivity index (χ3v) is 5.69. The van der Waals surface area contributed by atoms with Crippen LogP contribution in [0.2, 0.25) is 0 Å². The van der Waals surface area contributed by atoms with E-state index < -0.39 is 0 Å². The summed E-state index contributed by atoms with van der Waals surface area (Å²) in [5.74, 6) is 0.485. The highest BCUT2D eigenvalue weighted by atomic mass is 16.5. The number of Topliss-reactive ketones (excluding diaryl/α,β-unsaturated/α-hetero) is 1. The molecule has 2 aromatic carbocycles. The lowest BCUT2D eigenvalue weighted by Gasteiger charge is -2.34. The number of phenols is 1. The van der Waals surface area contributed by atoms with Crippen molar-refractivity contribution in [1.29, 1.82) is 0 Å². The molecule has 0 fully saturated rings. The lowest BCUT2D eigenvalue weighted by molar-refractivity contribution is -0.116. The number of nitrogens with one attached hydrogen (secondary N) is 1. The van der Waals surface area contributed by atoms with Gasteiger partial charge in [-0.1, -0.05) is 12.1 Å². The minimum absolute atomic E-state index is 0.0901. The van der Waals surface area contributed by atoms with Gasteiger partial charge in [0.2, 0.25) is 0 Å². The maximum Gasteiger partial charge on any atom is 0.161 e. The molecule has 0 spiro atoms. The van der Waals surface area contributed by atoms with Crippen molar-refractivity contribution in [3.05, 3.63) is 71.1 Å². The van der Waals surface area contributed by atoms with E-state index in [9.17, 15) is 9.90 Å². The predicted molar refractivity (Wildman–Crippen MR) is 108 cm³/mol. The summed E-state index contributed by atoms with van der Waals surface area (Å²) in [5.41, 5.74) is 5.73. The number of ether oxygens (including phenoxy) is 1. The number of allylic oxidation sites excluding steroid dienone is 2. The van der Waals surface area contributed by atoms with Crippen molar-refractivity contribution in [3.8, 4) is 11.5 Å². The van der Waals surface area contributed by atoms with E-state index in [1.807, 2.05) is 30.3 Å². The normalized spacial score (nSPS) is 18.5. The van der Waals surface area contributed by atoms with Crippen LogP contribution in [0, 0.1) is 0 Å². The van der Waals surface area contributed by atoms with Crippen LogP contribution in [0.4, 0.5) is 5.69 Å². The highest BCUT2D eigenvalue weighted by molar-refractivity contribution is 6.04. The quantitative estimate of drug-likeness (QED) is 0.692. The fourth-order valence-corrected chi connectivity index (χ4v) is 4.40. The number of aromatic hydroxyl groups is 1. The first-order valence-electron chi connectivity index (χ1n) is 9.45. The van der Waals surface area contributed by atoms with E-state index in [0.717, 1.165) is 51.8 Å². The monoisotopic (exact) mass is 372 g/mol. The van der Waals surface area contributed by atoms with Crippen LogP contribution in [-0.4, -0.2) is 23.0 Å². The van der Waals surface area contributed by atoms with Gasteiger partial charge in [-0.25, -0.2) is 0 Å². The number of methoxy groups -OCH3 is 1. The van der Waals surface area contributed by atoms with E-state index in [2.05, 4.69) is 16.4 Å². The zero-order chi connectivity index (χ0) is 19.3. The van der Waals surface area contributed by atoms with Gasteiger partial charge in [0.05, 0.1) is 18.3 Å². The number of phenolic OH excluding ortho intramolecular Hbond substituents is 1. The largest absolute Gasteiger partial charge is 0.504 e. The number of anilines is 1. The van der Waals surface area contributed by atoms with E-state index in [-0.39, 0.29) is 17.5 Å². The molecule has 0 radical (unpaired) electrons. The molecule has 28 heavy (non-hydrogen) atoms. The highest BCUT2D eigenvalue weighted by Gasteiger charge is 2.36. The SMILES string of the molecule is COc1cc(C2C3=C(CCCC3=O)Nc3c2ccc2ncccc32)ccc1O. The minimum Gasteiger partial charge on any atom is -0.504 e. The van der Waals surface area contributed by atoms with Crippen LogP contribution in [0.5, 0.6) is 11.5 Å². The average Bonchev–Trinajstić information content (AvgIpc) is 2.73. The molecule has 3 aromatic rings. The van der Waals surface area contributed by atoms with Crippen molar-refractivity contribution < 1.29 is 14.6 Å². The molecule has 1 aliphatic heterocycles. The Kier molecular flexibility index (Phi) is 3.83. The van der Waals surface area contributed by atoms with Crippen LogP contribution in [0.25, 0.3) is 10.9 Å². The number of benzene rings is 2. The number of ketones is 1. The molecule has 5 rings (SSSR count). The lowest BCUT2D eigenvalue weighted by Crippen LogP contribution is -2.27. The smallest absolute Gasteiger partial charge is 0.161 e. The first kappa shape index (κ1) is 16.8. The van der Waals surface area contributed by atoms with Crippen molar-refractivity contribution in [2.45, 2.75) is 25.2 Å². The first-order chi connectivity index (χ1) is 13.7. The Balaban J connectivity index is 1.79. The molecule has 1 aliphatic carbocycles. The van der Waals surface area contributed by atoms with Crippen molar-refractivity contribution >= 4 is 22.4 Å². The van der Waals surface area contributed by atoms with Crippen LogP contribution in [0.3, 0.4) is 0 Å². The molecule has 0 bridgehead atoms. The standard InChI is InChI=1S/C23H20N2O3/c1-28-20-12-13(7-10-18(20)26)21-15-8-9-16-14(4-3-11-24-16)23(15)25-17-5-2-6-19(27)22(17)21/h3-4,7-12,21,25-26H,2,5-6H2,1H3. The first-order valence-corrected chi connectivity index (χ1v) is 9.45. The van der Waals surface area contributed by atoms with E-state index in [1.54, 1.807) is 12.3 Å². The summed E-state index contributed by atoms with van der Waals surface area (Å²) in [7, 11) is 1.53. The van der Waals surface area contributed by atoms with Gasteiger partial charge < -0.3 is 15.2 Å². The third-order valence-electron chi connectivity index (χ3n) is 5.69. The van der Waals surface area contributed by atoms with E-state index in [4.69, 9.17) is 4.74 Å². The molecular formula is C23H20N2O3. The van der Waals surface area contributed by atoms with Crippen molar-refractivity contribution in [2.24, 2.45) is 0 Å². The molecule has 5 nitrogen and oxygen atoms in total. The second-order valence-corrected chi connectivity index (χ2v) is 7.26. The summed E-state index contributed by atoms with van der Waals surface area (Å²) < 4.78 is 5.32. The summed E-state index contributed by atoms with van der Waals surface area (Å²) in [4.78, 5) is 17.4. The number of hydrogen-bond acceptors (Lipinski definition) is 5. The molecule has 1 atom stereocenters. The van der Waals surface area contributed by atoms with Gasteiger partial charge in [0.1, 0.15) is 0 Å². The fourth-order valence-electron chi connectivity index (χ4n) is 4.40. The summed E-state index contributed by atoms with van der Waals surface area (Å²) in [6.45, 7) is 0. The Morgan fingerprint density at radius 2 is 2.07 bits per heavy atom. The van der Waals surface area contributed by atoms with Crippen LogP contribution in [0.15, 0.2) is 59.9 Å². The maximum absolute atomic E-state index is 12.9. The number of nitrogens with zero attached hydrogens (tertiary/aromatic N) is 1. The predicted octanol–water partition coefficient (Wildman–Crippen LogP) is 4.51. The highest BCUT2D eigenvalue weighted by Crippen LogP contribution is 2.48. The summed E-state index contributed by atoms with van der Waals surface area (Å²) in [5, 5.41) is 14.6. The topological polar surface area (TPSA) is 71.5 Å². The van der Waals surface area contributed by atoms with Crippen molar-refractivity contribution in [3.63, 3.8) is 0 Å². The van der Waals surface area contributed by atoms with Gasteiger partial charge >= 0.3 is 0 Å². The van der Waals surface area contributed by atoms with Gasteiger partial charge in [-0.15, -0.1) is 0 Å². The number of carbonyl (C=O) groups excluding carboxylic acids is 1. The van der Waals surface area contributed by atoms with Crippen LogP contribution in [-0.2, 0) is 4.79 Å². The van der Waals surface area contributed by atoms with E-state index >= 15 is 0 Å². The molecule has 140 valence electrons. The Bertz CT molecular complexity index is 1150. The second-order valence-electron chi connectivity index (χ2n) is 7.26. The minimum atomic E-state index is -0.196. The fraction of sp³-hybridized carbons (Fsp3) is 0.217. The molecular weight excluding hydrogens is 352 g/mol. The van der Waals surface area contributed by atoms with Gasteiger partial charge in [0.25, 0.3) is 0 Å². The number of hydrogen-bond donors (Lipinski definition) is 2. The molecule has 2 N–H and O–H groups in total. The number of aromatic nitrogens is 1. The Hall–Kier alpha value is -3.34. The van der Waals surface area contributed by atoms with Crippen LogP contribution in [0.1, 0.15) is 36.3 Å². The van der Waals surface area contributed by atoms with Crippen LogP contribution >= 0.6 is 0 Å². The lowest BCUT2D eigenvalue weighted by atomic mass is 9.75. The zero-order valence-corrected chi connectivity index (χ0v) is 15.5. The third kappa shape index (κ3) is 2.47. The van der Waals surface area contributed by atoms with Gasteiger partial charge in [0, 0.05) is 35.2 Å². The molecule has 5 heteroatoms.